The van der Waals surface area contributed by atoms with E-state index >= 15 is 0 Å². The van der Waals surface area contributed by atoms with Gasteiger partial charge in [0.2, 0.25) is 5.91 Å². The second-order valence-electron chi connectivity index (χ2n) is 8.91. The number of ether oxygens (including phenoxy) is 1. The summed E-state index contributed by atoms with van der Waals surface area (Å²) in [6.45, 7) is 5.65. The minimum atomic E-state index is 0.0724. The first-order valence-corrected chi connectivity index (χ1v) is 11.7. The number of benzene rings is 1. The van der Waals surface area contributed by atoms with Crippen molar-refractivity contribution in [2.24, 2.45) is 5.92 Å². The third-order valence-corrected chi connectivity index (χ3v) is 6.99. The average Bonchev–Trinajstić information content (AvgIpc) is 2.83. The van der Waals surface area contributed by atoms with E-state index in [1.807, 2.05) is 35.2 Å². The van der Waals surface area contributed by atoms with Gasteiger partial charge in [-0.15, -0.1) is 0 Å². The lowest BCUT2D eigenvalue weighted by Gasteiger charge is -2.42. The zero-order valence-electron chi connectivity index (χ0n) is 18.0. The van der Waals surface area contributed by atoms with E-state index in [1.165, 1.54) is 6.42 Å². The minimum Gasteiger partial charge on any atom is -0.484 e. The molecule has 0 bridgehead atoms. The molecule has 1 aromatic rings. The number of para-hydroxylation sites is 1. The normalized spacial score (nSPS) is 22.1. The van der Waals surface area contributed by atoms with Gasteiger partial charge in [-0.1, -0.05) is 18.2 Å². The van der Waals surface area contributed by atoms with Gasteiger partial charge in [-0.25, -0.2) is 0 Å². The molecular weight excluding hydrogens is 378 g/mol. The Bertz CT molecular complexity index is 689. The molecule has 4 rings (SSSR count). The highest BCUT2D eigenvalue weighted by atomic mass is 16.5. The van der Waals surface area contributed by atoms with E-state index < -0.39 is 0 Å². The molecule has 0 atom stereocenters. The summed E-state index contributed by atoms with van der Waals surface area (Å²) in [5.41, 5.74) is 0. The lowest BCUT2D eigenvalue weighted by Crippen LogP contribution is -2.51. The molecule has 3 aliphatic rings. The first-order valence-electron chi connectivity index (χ1n) is 11.7. The number of rotatable bonds is 5. The van der Waals surface area contributed by atoms with E-state index in [4.69, 9.17) is 4.74 Å². The molecule has 6 nitrogen and oxygen atoms in total. The summed E-state index contributed by atoms with van der Waals surface area (Å²) in [7, 11) is 0. The van der Waals surface area contributed by atoms with Gasteiger partial charge >= 0.3 is 0 Å². The van der Waals surface area contributed by atoms with Gasteiger partial charge < -0.3 is 19.4 Å². The van der Waals surface area contributed by atoms with Crippen molar-refractivity contribution in [3.8, 4) is 5.75 Å². The van der Waals surface area contributed by atoms with Crippen LogP contribution in [0.3, 0.4) is 0 Å². The summed E-state index contributed by atoms with van der Waals surface area (Å²) in [6, 6.07) is 10.0. The Morgan fingerprint density at radius 2 is 1.47 bits per heavy atom. The van der Waals surface area contributed by atoms with Gasteiger partial charge in [-0.2, -0.15) is 0 Å². The Hall–Kier alpha value is -2.08. The number of carbonyl (C=O) groups excluding carboxylic acids is 2. The number of amides is 2. The molecule has 0 spiro atoms. The minimum absolute atomic E-state index is 0.0724. The van der Waals surface area contributed by atoms with Crippen molar-refractivity contribution in [1.29, 1.82) is 0 Å². The standard InChI is InChI=1S/C24H35N3O3/c28-23(19-30-22-7-3-1-4-8-22)26-17-11-21(12-18-26)25-15-9-20(10-16-25)24(29)27-13-5-2-6-14-27/h1,3-4,7-8,20-21H,2,5-6,9-19H2. The second kappa shape index (κ2) is 10.3. The molecule has 0 radical (unpaired) electrons. The predicted molar refractivity (Wildman–Crippen MR) is 116 cm³/mol. The molecule has 0 N–H and O–H groups in total. The van der Waals surface area contributed by atoms with Crippen LogP contribution in [0.4, 0.5) is 0 Å². The Balaban J connectivity index is 1.17. The fraction of sp³-hybridized carbons (Fsp3) is 0.667. The first kappa shape index (κ1) is 21.2. The molecule has 1 aromatic carbocycles. The molecule has 3 aliphatic heterocycles. The Morgan fingerprint density at radius 1 is 0.800 bits per heavy atom. The summed E-state index contributed by atoms with van der Waals surface area (Å²) in [5.74, 6) is 1.43. The maximum atomic E-state index is 12.8. The second-order valence-corrected chi connectivity index (χ2v) is 8.91. The zero-order chi connectivity index (χ0) is 20.8. The summed E-state index contributed by atoms with van der Waals surface area (Å²) < 4.78 is 5.61. The van der Waals surface area contributed by atoms with Crippen LogP contribution in [0.5, 0.6) is 5.75 Å². The van der Waals surface area contributed by atoms with E-state index in [9.17, 15) is 9.59 Å². The predicted octanol–water partition coefficient (Wildman–Crippen LogP) is 2.78. The summed E-state index contributed by atoms with van der Waals surface area (Å²) in [6.07, 6.45) is 7.60. The van der Waals surface area contributed by atoms with Gasteiger partial charge in [0.1, 0.15) is 5.75 Å². The van der Waals surface area contributed by atoms with Gasteiger partial charge in [0.25, 0.3) is 5.91 Å². The molecule has 164 valence electrons. The fourth-order valence-electron chi connectivity index (χ4n) is 5.12. The highest BCUT2D eigenvalue weighted by molar-refractivity contribution is 5.79. The Kier molecular flexibility index (Phi) is 7.26. The van der Waals surface area contributed by atoms with Crippen molar-refractivity contribution in [2.75, 3.05) is 45.9 Å². The number of hydrogen-bond donors (Lipinski definition) is 0. The molecule has 3 saturated heterocycles. The fourth-order valence-corrected chi connectivity index (χ4v) is 5.12. The van der Waals surface area contributed by atoms with Crippen LogP contribution in [0.15, 0.2) is 30.3 Å². The Morgan fingerprint density at radius 3 is 2.13 bits per heavy atom. The molecule has 0 saturated carbocycles. The molecule has 3 heterocycles. The van der Waals surface area contributed by atoms with Crippen LogP contribution in [0.2, 0.25) is 0 Å². The highest BCUT2D eigenvalue weighted by Gasteiger charge is 2.33. The molecule has 2 amide bonds. The number of piperidine rings is 3. The quantitative estimate of drug-likeness (QED) is 0.745. The molecule has 3 fully saturated rings. The molecule has 0 aliphatic carbocycles. The highest BCUT2D eigenvalue weighted by Crippen LogP contribution is 2.26. The van der Waals surface area contributed by atoms with Gasteiger partial charge in [-0.05, 0) is 70.2 Å². The largest absolute Gasteiger partial charge is 0.484 e. The number of hydrogen-bond acceptors (Lipinski definition) is 4. The number of carbonyl (C=O) groups is 2. The van der Waals surface area contributed by atoms with Crippen LogP contribution in [-0.2, 0) is 9.59 Å². The summed E-state index contributed by atoms with van der Waals surface area (Å²) in [4.78, 5) is 31.8. The smallest absolute Gasteiger partial charge is 0.260 e. The lowest BCUT2D eigenvalue weighted by atomic mass is 9.92. The van der Waals surface area contributed by atoms with Crippen LogP contribution in [0, 0.1) is 5.92 Å². The monoisotopic (exact) mass is 413 g/mol. The van der Waals surface area contributed by atoms with Crippen molar-refractivity contribution in [1.82, 2.24) is 14.7 Å². The van der Waals surface area contributed by atoms with E-state index in [2.05, 4.69) is 9.80 Å². The van der Waals surface area contributed by atoms with Crippen LogP contribution < -0.4 is 4.74 Å². The number of likely N-dealkylation sites (tertiary alicyclic amines) is 3. The first-order chi connectivity index (χ1) is 14.7. The van der Waals surface area contributed by atoms with Crippen molar-refractivity contribution >= 4 is 11.8 Å². The average molecular weight is 414 g/mol. The number of nitrogens with zero attached hydrogens (tertiary/aromatic N) is 3. The maximum absolute atomic E-state index is 12.8. The third-order valence-electron chi connectivity index (χ3n) is 6.99. The maximum Gasteiger partial charge on any atom is 0.260 e. The van der Waals surface area contributed by atoms with Crippen molar-refractivity contribution in [3.63, 3.8) is 0 Å². The van der Waals surface area contributed by atoms with Crippen LogP contribution in [-0.4, -0.2) is 78.4 Å². The Labute approximate surface area is 180 Å². The molecular formula is C24H35N3O3. The van der Waals surface area contributed by atoms with E-state index in [0.29, 0.717) is 11.9 Å². The van der Waals surface area contributed by atoms with Crippen molar-refractivity contribution in [3.05, 3.63) is 30.3 Å². The van der Waals surface area contributed by atoms with Crippen molar-refractivity contribution < 1.29 is 14.3 Å². The van der Waals surface area contributed by atoms with E-state index in [-0.39, 0.29) is 18.4 Å². The van der Waals surface area contributed by atoms with Crippen LogP contribution in [0.1, 0.15) is 44.9 Å². The van der Waals surface area contributed by atoms with Gasteiger partial charge in [0.15, 0.2) is 6.61 Å². The van der Waals surface area contributed by atoms with Crippen LogP contribution >= 0.6 is 0 Å². The van der Waals surface area contributed by atoms with Crippen molar-refractivity contribution in [2.45, 2.75) is 51.0 Å². The zero-order valence-corrected chi connectivity index (χ0v) is 18.0. The molecule has 0 aromatic heterocycles. The molecule has 0 unspecified atom stereocenters. The van der Waals surface area contributed by atoms with Gasteiger partial charge in [0, 0.05) is 38.1 Å². The third kappa shape index (κ3) is 5.34. The van der Waals surface area contributed by atoms with Gasteiger partial charge in [0.05, 0.1) is 0 Å². The molecule has 30 heavy (non-hydrogen) atoms. The van der Waals surface area contributed by atoms with Crippen LogP contribution in [0.25, 0.3) is 0 Å². The van der Waals surface area contributed by atoms with E-state index in [0.717, 1.165) is 83.5 Å². The SMILES string of the molecule is O=C(COc1ccccc1)N1CCC(N2CCC(C(=O)N3CCCCC3)CC2)CC1. The molecule has 6 heteroatoms. The van der Waals surface area contributed by atoms with E-state index in [1.54, 1.807) is 0 Å². The summed E-state index contributed by atoms with van der Waals surface area (Å²) >= 11 is 0. The topological polar surface area (TPSA) is 53.1 Å². The lowest BCUT2D eigenvalue weighted by molar-refractivity contribution is -0.139. The summed E-state index contributed by atoms with van der Waals surface area (Å²) in [5, 5.41) is 0. The van der Waals surface area contributed by atoms with Gasteiger partial charge in [-0.3, -0.25) is 9.59 Å².